The molecule has 0 bridgehead atoms. The fourth-order valence-corrected chi connectivity index (χ4v) is 2.78. The van der Waals surface area contributed by atoms with E-state index < -0.39 is 12.1 Å². The summed E-state index contributed by atoms with van der Waals surface area (Å²) < 4.78 is 31.7. The first kappa shape index (κ1) is 18.7. The van der Waals surface area contributed by atoms with E-state index in [1.165, 1.54) is 11.3 Å². The third kappa shape index (κ3) is 4.90. The van der Waals surface area contributed by atoms with Crippen molar-refractivity contribution in [2.24, 2.45) is 5.92 Å². The molecule has 1 saturated heterocycles. The molecule has 134 valence electrons. The molecule has 0 amide bonds. The molecular weight excluding hydrogens is 361 g/mol. The lowest BCUT2D eigenvalue weighted by Gasteiger charge is -2.29. The number of halogens is 3. The second-order valence-corrected chi connectivity index (χ2v) is 6.11. The zero-order valence-corrected chi connectivity index (χ0v) is 13.5. The fraction of sp³-hybridized carbons (Fsp3) is 0.462. The largest absolute Gasteiger partial charge is 0.490 e. The number of thiazole rings is 1. The minimum absolute atomic E-state index is 0.178. The normalized spacial score (nSPS) is 15.4. The molecule has 12 heteroatoms. The molecule has 8 nitrogen and oxygen atoms in total. The number of carboxylic acid groups (broad SMARTS) is 1. The maximum Gasteiger partial charge on any atom is 0.490 e. The molecule has 2 aromatic rings. The summed E-state index contributed by atoms with van der Waals surface area (Å²) >= 11 is 1.35. The highest BCUT2D eigenvalue weighted by Gasteiger charge is 2.38. The highest BCUT2D eigenvalue weighted by Crippen LogP contribution is 2.25. The van der Waals surface area contributed by atoms with Gasteiger partial charge in [0.25, 0.3) is 0 Å². The highest BCUT2D eigenvalue weighted by atomic mass is 32.1. The second-order valence-electron chi connectivity index (χ2n) is 5.10. The van der Waals surface area contributed by atoms with E-state index >= 15 is 0 Å². The van der Waals surface area contributed by atoms with Gasteiger partial charge in [-0.2, -0.15) is 23.4 Å². The van der Waals surface area contributed by atoms with Gasteiger partial charge >= 0.3 is 12.1 Å². The average Bonchev–Trinajstić information content (AvgIpc) is 2.93. The van der Waals surface area contributed by atoms with Gasteiger partial charge in [0, 0.05) is 19.0 Å². The summed E-state index contributed by atoms with van der Waals surface area (Å²) in [4.78, 5) is 24.7. The van der Waals surface area contributed by atoms with Crippen LogP contribution in [0.5, 0.6) is 0 Å². The highest BCUT2D eigenvalue weighted by molar-refractivity contribution is 7.21. The lowest BCUT2D eigenvalue weighted by molar-refractivity contribution is -0.192. The number of hydrogen-bond acceptors (Lipinski definition) is 8. The van der Waals surface area contributed by atoms with Crippen molar-refractivity contribution in [3.05, 3.63) is 6.20 Å². The number of nitrogens with two attached hydrogens (primary N) is 1. The van der Waals surface area contributed by atoms with Gasteiger partial charge in [0.2, 0.25) is 0 Å². The van der Waals surface area contributed by atoms with Crippen LogP contribution in [0.1, 0.15) is 12.8 Å². The average molecular weight is 374 g/mol. The van der Waals surface area contributed by atoms with E-state index in [0.717, 1.165) is 36.6 Å². The standard InChI is InChI=1S/C11H12N6S.C2HF3O2/c12-5-7-1-3-17(4-2-7)8-6-14-9-10(15-8)18-11(13)16-9;3-2(4,5)1(6)7/h6-7H,1-4H2,(H2,13,14,16);(H,6,7). The van der Waals surface area contributed by atoms with Gasteiger partial charge in [0.1, 0.15) is 5.82 Å². The topological polar surface area (TPSA) is 129 Å². The number of nitrogens with zero attached hydrogens (tertiary/aromatic N) is 5. The zero-order valence-electron chi connectivity index (χ0n) is 12.7. The van der Waals surface area contributed by atoms with Crippen LogP contribution in [0.15, 0.2) is 6.20 Å². The maximum absolute atomic E-state index is 10.6. The molecule has 1 aliphatic rings. The Balaban J connectivity index is 0.000000277. The number of fused-ring (bicyclic) bond motifs is 1. The van der Waals surface area contributed by atoms with Gasteiger partial charge in [0.05, 0.1) is 12.3 Å². The van der Waals surface area contributed by atoms with Gasteiger partial charge in [-0.05, 0) is 12.8 Å². The lowest BCUT2D eigenvalue weighted by atomic mass is 9.99. The van der Waals surface area contributed by atoms with Gasteiger partial charge in [-0.3, -0.25) is 0 Å². The first-order valence-electron chi connectivity index (χ1n) is 7.04. The van der Waals surface area contributed by atoms with Crippen LogP contribution in [0, 0.1) is 17.2 Å². The summed E-state index contributed by atoms with van der Waals surface area (Å²) in [5.41, 5.74) is 6.24. The third-order valence-corrected chi connectivity index (χ3v) is 4.14. The molecule has 1 fully saturated rings. The summed E-state index contributed by atoms with van der Waals surface area (Å²) in [5.74, 6) is -1.73. The minimum Gasteiger partial charge on any atom is -0.475 e. The Morgan fingerprint density at radius 2 is 2.00 bits per heavy atom. The minimum atomic E-state index is -5.08. The molecule has 0 radical (unpaired) electrons. The van der Waals surface area contributed by atoms with E-state index in [1.54, 1.807) is 6.20 Å². The molecule has 0 aliphatic carbocycles. The molecule has 25 heavy (non-hydrogen) atoms. The van der Waals surface area contributed by atoms with Gasteiger partial charge in [-0.15, -0.1) is 0 Å². The number of alkyl halides is 3. The Labute approximate surface area is 143 Å². The quantitative estimate of drug-likeness (QED) is 0.776. The summed E-state index contributed by atoms with van der Waals surface area (Å²) in [6, 6.07) is 2.32. The molecule has 0 unspecified atom stereocenters. The Morgan fingerprint density at radius 3 is 2.52 bits per heavy atom. The number of aromatic nitrogens is 3. The first-order chi connectivity index (χ1) is 11.7. The number of rotatable bonds is 1. The Bertz CT molecular complexity index is 795. The molecule has 3 N–H and O–H groups in total. The van der Waals surface area contributed by atoms with Crippen LogP contribution in [0.2, 0.25) is 0 Å². The number of anilines is 2. The Morgan fingerprint density at radius 1 is 1.40 bits per heavy atom. The SMILES string of the molecule is N#CC1CCN(c2cnc3nc(N)sc3n2)CC1.O=C(O)C(F)(F)F. The van der Waals surface area contributed by atoms with E-state index in [0.29, 0.717) is 10.8 Å². The van der Waals surface area contributed by atoms with Crippen molar-refractivity contribution in [2.45, 2.75) is 19.0 Å². The molecule has 0 saturated carbocycles. The van der Waals surface area contributed by atoms with Crippen LogP contribution in [0.3, 0.4) is 0 Å². The Kier molecular flexibility index (Phi) is 5.58. The number of nitrogen functional groups attached to an aromatic ring is 1. The van der Waals surface area contributed by atoms with Crippen LogP contribution < -0.4 is 10.6 Å². The monoisotopic (exact) mass is 374 g/mol. The molecule has 2 aromatic heterocycles. The summed E-state index contributed by atoms with van der Waals surface area (Å²) in [5, 5.41) is 16.5. The van der Waals surface area contributed by atoms with Crippen LogP contribution in [0.4, 0.5) is 24.1 Å². The number of nitriles is 1. The van der Waals surface area contributed by atoms with Crippen molar-refractivity contribution in [3.63, 3.8) is 0 Å². The van der Waals surface area contributed by atoms with Gasteiger partial charge in [-0.1, -0.05) is 11.3 Å². The van der Waals surface area contributed by atoms with Crippen molar-refractivity contribution < 1.29 is 23.1 Å². The fourth-order valence-electron chi connectivity index (χ4n) is 2.12. The van der Waals surface area contributed by atoms with Gasteiger partial charge in [-0.25, -0.2) is 14.8 Å². The second kappa shape index (κ2) is 7.47. The van der Waals surface area contributed by atoms with Crippen molar-refractivity contribution in [1.29, 1.82) is 5.26 Å². The van der Waals surface area contributed by atoms with Crippen LogP contribution in [-0.2, 0) is 4.79 Å². The number of piperidine rings is 1. The van der Waals surface area contributed by atoms with Crippen LogP contribution in [-0.4, -0.2) is 45.3 Å². The maximum atomic E-state index is 10.6. The number of carbonyl (C=O) groups is 1. The first-order valence-corrected chi connectivity index (χ1v) is 7.86. The van der Waals surface area contributed by atoms with Crippen molar-refractivity contribution >= 4 is 38.7 Å². The van der Waals surface area contributed by atoms with E-state index in [1.807, 2.05) is 0 Å². The molecule has 3 heterocycles. The number of carboxylic acids is 1. The van der Waals surface area contributed by atoms with E-state index in [-0.39, 0.29) is 5.92 Å². The summed E-state index contributed by atoms with van der Waals surface area (Å²) in [7, 11) is 0. The summed E-state index contributed by atoms with van der Waals surface area (Å²) in [6.07, 6.45) is -1.57. The third-order valence-electron chi connectivity index (χ3n) is 3.37. The van der Waals surface area contributed by atoms with Crippen molar-refractivity contribution in [3.8, 4) is 6.07 Å². The smallest absolute Gasteiger partial charge is 0.475 e. The molecular formula is C13H13F3N6O2S. The van der Waals surface area contributed by atoms with Crippen molar-refractivity contribution in [1.82, 2.24) is 15.0 Å². The predicted molar refractivity (Wildman–Crippen MR) is 83.9 cm³/mol. The summed E-state index contributed by atoms with van der Waals surface area (Å²) in [6.45, 7) is 1.71. The van der Waals surface area contributed by atoms with Gasteiger partial charge in [0.15, 0.2) is 15.6 Å². The van der Waals surface area contributed by atoms with E-state index in [4.69, 9.17) is 20.9 Å². The van der Waals surface area contributed by atoms with Gasteiger partial charge < -0.3 is 15.7 Å². The van der Waals surface area contributed by atoms with Crippen LogP contribution in [0.25, 0.3) is 10.5 Å². The lowest BCUT2D eigenvalue weighted by Crippen LogP contribution is -2.33. The van der Waals surface area contributed by atoms with E-state index in [2.05, 4.69) is 25.9 Å². The molecule has 3 rings (SSSR count). The molecule has 0 atom stereocenters. The predicted octanol–water partition coefficient (Wildman–Crippen LogP) is 2.04. The molecule has 1 aliphatic heterocycles. The molecule has 0 spiro atoms. The van der Waals surface area contributed by atoms with Crippen molar-refractivity contribution in [2.75, 3.05) is 23.7 Å². The number of aliphatic carboxylic acids is 1. The van der Waals surface area contributed by atoms with Crippen LogP contribution >= 0.6 is 11.3 Å². The molecule has 0 aromatic carbocycles. The Hall–Kier alpha value is -2.68. The zero-order chi connectivity index (χ0) is 18.6. The van der Waals surface area contributed by atoms with E-state index in [9.17, 15) is 13.2 Å². The number of hydrogen-bond donors (Lipinski definition) is 2.